The second-order valence-corrected chi connectivity index (χ2v) is 10.1. The van der Waals surface area contributed by atoms with E-state index in [1.807, 2.05) is 49.4 Å². The molecule has 0 bridgehead atoms. The van der Waals surface area contributed by atoms with Crippen molar-refractivity contribution in [3.63, 3.8) is 0 Å². The van der Waals surface area contributed by atoms with E-state index in [1.54, 1.807) is 55.6 Å². The van der Waals surface area contributed by atoms with Gasteiger partial charge < -0.3 is 29.0 Å². The topological polar surface area (TPSA) is 94.5 Å². The summed E-state index contributed by atoms with van der Waals surface area (Å²) in [6.07, 6.45) is 0. The molecule has 0 spiro atoms. The Bertz CT molecular complexity index is 1700. The molecular formula is C34H29NO7. The molecule has 42 heavy (non-hydrogen) atoms. The third kappa shape index (κ3) is 5.14. The van der Waals surface area contributed by atoms with Crippen LogP contribution in [-0.2, 0) is 22.7 Å². The molecule has 0 aliphatic carbocycles. The number of rotatable bonds is 8. The second-order valence-electron chi connectivity index (χ2n) is 10.1. The summed E-state index contributed by atoms with van der Waals surface area (Å²) in [6, 6.07) is 26.7. The van der Waals surface area contributed by atoms with Crippen LogP contribution in [0, 0.1) is 6.92 Å². The van der Waals surface area contributed by atoms with Crippen LogP contribution < -0.4 is 18.9 Å². The predicted octanol–water partition coefficient (Wildman–Crippen LogP) is 5.93. The number of hydrogen-bond donors (Lipinski definition) is 1. The average Bonchev–Trinajstić information content (AvgIpc) is 3.58. The van der Waals surface area contributed by atoms with Gasteiger partial charge in [-0.1, -0.05) is 48.5 Å². The molecule has 2 aliphatic heterocycles. The molecule has 0 radical (unpaired) electrons. The minimum atomic E-state index is -0.847. The van der Waals surface area contributed by atoms with Crippen molar-refractivity contribution in [3.8, 4) is 23.0 Å². The minimum absolute atomic E-state index is 0.00588. The summed E-state index contributed by atoms with van der Waals surface area (Å²) < 4.78 is 22.3. The number of benzene rings is 4. The molecule has 6 rings (SSSR count). The summed E-state index contributed by atoms with van der Waals surface area (Å²) in [4.78, 5) is 28.5. The Labute approximate surface area is 243 Å². The first-order valence-electron chi connectivity index (χ1n) is 13.5. The number of aliphatic hydroxyl groups is 1. The van der Waals surface area contributed by atoms with E-state index in [2.05, 4.69) is 0 Å². The number of nitrogens with zero attached hydrogens (tertiary/aromatic N) is 1. The van der Waals surface area contributed by atoms with Gasteiger partial charge in [-0.2, -0.15) is 0 Å². The number of aliphatic hydroxyl groups excluding tert-OH is 1. The lowest BCUT2D eigenvalue weighted by Gasteiger charge is -2.26. The molecule has 8 nitrogen and oxygen atoms in total. The van der Waals surface area contributed by atoms with Gasteiger partial charge in [0.1, 0.15) is 23.9 Å². The van der Waals surface area contributed by atoms with E-state index >= 15 is 0 Å². The minimum Gasteiger partial charge on any atom is -0.507 e. The Balaban J connectivity index is 1.37. The SMILES string of the molecule is COc1cccc(C2/C(=C(\O)c3ccc(OCc4ccccc4)c(C)c3)C(=O)C(=O)N2Cc2ccc3c(c2)OCO3)c1. The molecule has 2 aliphatic rings. The molecule has 1 N–H and O–H groups in total. The van der Waals surface area contributed by atoms with Crippen molar-refractivity contribution in [2.45, 2.75) is 26.1 Å². The summed E-state index contributed by atoms with van der Waals surface area (Å²) in [7, 11) is 1.55. The number of amides is 1. The molecule has 1 atom stereocenters. The quantitative estimate of drug-likeness (QED) is 0.161. The van der Waals surface area contributed by atoms with Gasteiger partial charge in [0.25, 0.3) is 11.7 Å². The van der Waals surface area contributed by atoms with E-state index in [0.29, 0.717) is 40.7 Å². The van der Waals surface area contributed by atoms with Crippen LogP contribution in [0.2, 0.25) is 0 Å². The Morgan fingerprint density at radius 3 is 2.50 bits per heavy atom. The smallest absolute Gasteiger partial charge is 0.295 e. The Hall–Kier alpha value is -5.24. The van der Waals surface area contributed by atoms with Crippen LogP contribution in [0.3, 0.4) is 0 Å². The molecule has 1 amide bonds. The van der Waals surface area contributed by atoms with Crippen LogP contribution in [-0.4, -0.2) is 35.6 Å². The normalized spacial score (nSPS) is 17.0. The van der Waals surface area contributed by atoms with Crippen molar-refractivity contribution in [2.24, 2.45) is 0 Å². The van der Waals surface area contributed by atoms with Crippen LogP contribution in [0.5, 0.6) is 23.0 Å². The van der Waals surface area contributed by atoms with Crippen molar-refractivity contribution in [1.82, 2.24) is 4.90 Å². The molecule has 1 unspecified atom stereocenters. The number of fused-ring (bicyclic) bond motifs is 1. The van der Waals surface area contributed by atoms with Crippen LogP contribution in [0.1, 0.15) is 33.9 Å². The first-order valence-corrected chi connectivity index (χ1v) is 13.5. The van der Waals surface area contributed by atoms with Gasteiger partial charge in [-0.05, 0) is 71.6 Å². The maximum Gasteiger partial charge on any atom is 0.295 e. The van der Waals surface area contributed by atoms with E-state index in [9.17, 15) is 14.7 Å². The van der Waals surface area contributed by atoms with Gasteiger partial charge in [0, 0.05) is 12.1 Å². The highest BCUT2D eigenvalue weighted by Gasteiger charge is 2.46. The maximum absolute atomic E-state index is 13.5. The lowest BCUT2D eigenvalue weighted by atomic mass is 9.94. The highest BCUT2D eigenvalue weighted by atomic mass is 16.7. The highest BCUT2D eigenvalue weighted by Crippen LogP contribution is 2.42. The summed E-state index contributed by atoms with van der Waals surface area (Å²) in [5.41, 5.74) is 3.62. The molecule has 8 heteroatoms. The standard InChI is InChI=1S/C34H29NO7/c1-21-15-25(12-14-27(21)40-19-22-7-4-3-5-8-22)32(36)30-31(24-9-6-10-26(17-24)39-2)35(34(38)33(30)37)18-23-11-13-28-29(16-23)42-20-41-28/h3-17,31,36H,18-20H2,1-2H3/b32-30+. The van der Waals surface area contributed by atoms with Crippen LogP contribution in [0.25, 0.3) is 5.76 Å². The van der Waals surface area contributed by atoms with E-state index < -0.39 is 17.7 Å². The zero-order valence-electron chi connectivity index (χ0n) is 23.2. The van der Waals surface area contributed by atoms with Gasteiger partial charge in [0.15, 0.2) is 11.5 Å². The number of likely N-dealkylation sites (tertiary alicyclic amines) is 1. The summed E-state index contributed by atoms with van der Waals surface area (Å²) in [6.45, 7) is 2.51. The molecule has 0 saturated carbocycles. The number of methoxy groups -OCH3 is 1. The first-order chi connectivity index (χ1) is 20.4. The summed E-state index contributed by atoms with van der Waals surface area (Å²) in [5, 5.41) is 11.6. The zero-order chi connectivity index (χ0) is 29.2. The molecule has 1 saturated heterocycles. The van der Waals surface area contributed by atoms with Crippen molar-refractivity contribution in [3.05, 3.63) is 124 Å². The van der Waals surface area contributed by atoms with Crippen LogP contribution in [0.4, 0.5) is 0 Å². The van der Waals surface area contributed by atoms with E-state index in [1.165, 1.54) is 4.90 Å². The Kier molecular flexibility index (Phi) is 7.27. The number of carbonyl (C=O) groups excluding carboxylic acids is 2. The molecule has 212 valence electrons. The van der Waals surface area contributed by atoms with Gasteiger partial charge >= 0.3 is 0 Å². The van der Waals surface area contributed by atoms with E-state index in [-0.39, 0.29) is 24.7 Å². The fourth-order valence-corrected chi connectivity index (χ4v) is 5.29. The van der Waals surface area contributed by atoms with Gasteiger partial charge in [-0.25, -0.2) is 0 Å². The highest BCUT2D eigenvalue weighted by molar-refractivity contribution is 6.46. The number of carbonyl (C=O) groups is 2. The Morgan fingerprint density at radius 1 is 0.905 bits per heavy atom. The largest absolute Gasteiger partial charge is 0.507 e. The molecule has 0 aromatic heterocycles. The third-order valence-corrected chi connectivity index (χ3v) is 7.42. The van der Waals surface area contributed by atoms with Gasteiger partial charge in [0.2, 0.25) is 6.79 Å². The van der Waals surface area contributed by atoms with Crippen molar-refractivity contribution in [2.75, 3.05) is 13.9 Å². The lowest BCUT2D eigenvalue weighted by molar-refractivity contribution is -0.140. The van der Waals surface area contributed by atoms with E-state index in [0.717, 1.165) is 16.7 Å². The van der Waals surface area contributed by atoms with Crippen molar-refractivity contribution >= 4 is 17.4 Å². The Morgan fingerprint density at radius 2 is 1.71 bits per heavy atom. The number of hydrogen-bond acceptors (Lipinski definition) is 7. The average molecular weight is 564 g/mol. The summed E-state index contributed by atoms with van der Waals surface area (Å²) in [5.74, 6) is 0.695. The first kappa shape index (κ1) is 27.0. The summed E-state index contributed by atoms with van der Waals surface area (Å²) >= 11 is 0. The van der Waals surface area contributed by atoms with E-state index in [4.69, 9.17) is 18.9 Å². The second kappa shape index (κ2) is 11.3. The zero-order valence-corrected chi connectivity index (χ0v) is 23.2. The molecule has 4 aromatic carbocycles. The number of Topliss-reactive ketones (excluding diaryl/α,β-unsaturated/α-hetero) is 1. The predicted molar refractivity (Wildman–Crippen MR) is 155 cm³/mol. The lowest BCUT2D eigenvalue weighted by Crippen LogP contribution is -2.29. The van der Waals surface area contributed by atoms with Crippen molar-refractivity contribution < 1.29 is 33.6 Å². The van der Waals surface area contributed by atoms with Gasteiger partial charge in [-0.15, -0.1) is 0 Å². The van der Waals surface area contributed by atoms with Gasteiger partial charge in [0.05, 0.1) is 18.7 Å². The molecule has 2 heterocycles. The number of aryl methyl sites for hydroxylation is 1. The molecular weight excluding hydrogens is 534 g/mol. The van der Waals surface area contributed by atoms with Crippen LogP contribution in [0.15, 0.2) is 96.6 Å². The van der Waals surface area contributed by atoms with Crippen molar-refractivity contribution in [1.29, 1.82) is 0 Å². The number of ether oxygens (including phenoxy) is 4. The molecule has 4 aromatic rings. The fourth-order valence-electron chi connectivity index (χ4n) is 5.29. The van der Waals surface area contributed by atoms with Crippen LogP contribution >= 0.6 is 0 Å². The molecule has 1 fully saturated rings. The fraction of sp³-hybridized carbons (Fsp3) is 0.176. The van der Waals surface area contributed by atoms with Gasteiger partial charge in [-0.3, -0.25) is 9.59 Å². The monoisotopic (exact) mass is 563 g/mol. The third-order valence-electron chi connectivity index (χ3n) is 7.42. The maximum atomic E-state index is 13.5. The number of ketones is 1.